The lowest BCUT2D eigenvalue weighted by molar-refractivity contribution is -0.396. The van der Waals surface area contributed by atoms with Crippen molar-refractivity contribution in [3.63, 3.8) is 0 Å². The predicted octanol–water partition coefficient (Wildman–Crippen LogP) is 8.57. The summed E-state index contributed by atoms with van der Waals surface area (Å²) in [4.78, 5) is 63.3. The number of fused-ring (bicyclic) bond motifs is 1. The summed E-state index contributed by atoms with van der Waals surface area (Å²) in [6.45, 7) is 12.7. The molecule has 2 atom stereocenters. The Bertz CT molecular complexity index is 2480. The number of aryl methyl sites for hydroxylation is 3. The maximum absolute atomic E-state index is 14.3. The van der Waals surface area contributed by atoms with E-state index >= 15 is 0 Å². The van der Waals surface area contributed by atoms with E-state index in [0.717, 1.165) is 57.6 Å². The summed E-state index contributed by atoms with van der Waals surface area (Å²) in [6, 6.07) is 21.7. The number of sulfonamides is 1. The van der Waals surface area contributed by atoms with Crippen LogP contribution in [-0.2, 0) is 49.8 Å². The third-order valence-corrected chi connectivity index (χ3v) is 12.2. The fraction of sp³-hybridized carbons (Fsp3) is 0.479. The Labute approximate surface area is 386 Å². The first-order chi connectivity index (χ1) is 30.9. The van der Waals surface area contributed by atoms with Gasteiger partial charge >= 0.3 is 11.9 Å². The maximum Gasteiger partial charge on any atom is 0.339 e. The van der Waals surface area contributed by atoms with Crippen molar-refractivity contribution in [2.24, 2.45) is 0 Å². The summed E-state index contributed by atoms with van der Waals surface area (Å²) in [7, 11) is -3.12. The van der Waals surface area contributed by atoms with Crippen molar-refractivity contribution in [1.29, 1.82) is 0 Å². The largest absolute Gasteiger partial charge is 0.458 e. The third kappa shape index (κ3) is 15.3. The van der Waals surface area contributed by atoms with Crippen LogP contribution >= 0.6 is 0 Å². The van der Waals surface area contributed by atoms with Gasteiger partial charge in [-0.25, -0.2) is 18.0 Å². The number of nitrogens with zero attached hydrogens (tertiary/aromatic N) is 4. The van der Waals surface area contributed by atoms with Gasteiger partial charge in [0.05, 0.1) is 21.6 Å². The minimum Gasteiger partial charge on any atom is -0.458 e. The number of carbonyl (C=O) groups excluding carboxylic acids is 3. The van der Waals surface area contributed by atoms with E-state index in [2.05, 4.69) is 30.3 Å². The maximum atomic E-state index is 14.3. The first kappa shape index (κ1) is 52.6. The van der Waals surface area contributed by atoms with Gasteiger partial charge in [0.2, 0.25) is 0 Å². The molecule has 18 heteroatoms. The van der Waals surface area contributed by atoms with Crippen LogP contribution in [0.1, 0.15) is 90.3 Å². The van der Waals surface area contributed by atoms with Gasteiger partial charge in [0.1, 0.15) is 17.8 Å². The monoisotopic (exact) mass is 934 g/mol. The molecule has 0 saturated heterocycles. The zero-order valence-corrected chi connectivity index (χ0v) is 40.1. The van der Waals surface area contributed by atoms with Crippen LogP contribution in [0.4, 0.5) is 17.1 Å². The Morgan fingerprint density at radius 2 is 1.36 bits per heavy atom. The van der Waals surface area contributed by atoms with Gasteiger partial charge in [-0.2, -0.15) is 0 Å². The lowest BCUT2D eigenvalue weighted by Gasteiger charge is -2.31. The molecule has 358 valence electrons. The molecule has 17 nitrogen and oxygen atoms in total. The van der Waals surface area contributed by atoms with E-state index in [4.69, 9.17) is 18.9 Å². The number of nitro benzene ring substituents is 2. The number of ether oxygens (including phenoxy) is 4. The van der Waals surface area contributed by atoms with E-state index in [1.807, 2.05) is 19.1 Å². The quantitative estimate of drug-likeness (QED) is 0.0295. The molecule has 0 radical (unpaired) electrons. The molecule has 66 heavy (non-hydrogen) atoms. The van der Waals surface area contributed by atoms with Gasteiger partial charge in [0.15, 0.2) is 17.1 Å². The smallest absolute Gasteiger partial charge is 0.339 e. The first-order valence-corrected chi connectivity index (χ1v) is 23.3. The molecule has 0 aliphatic carbocycles. The van der Waals surface area contributed by atoms with Crippen LogP contribution in [0.3, 0.4) is 0 Å². The van der Waals surface area contributed by atoms with E-state index in [1.165, 1.54) is 10.5 Å². The molecule has 0 aliphatic heterocycles. The number of nitro groups is 2. The van der Waals surface area contributed by atoms with Gasteiger partial charge in [-0.1, -0.05) is 55.0 Å². The molecule has 0 spiro atoms. The standard InChI is InChI=1S/C48H62N4O13S/c1-33-20-23-38(29-34(33)2)50(66(60,61)41-25-24-39(51(56)57)31-40(41)52(58)59)27-15-16-28-62-43(44(46(55)65-48(6,7)8)63-32-42(53)64-47(3,4)5)45(54)49(9)26-14-10-11-17-35-21-22-36-18-12-13-19-37(36)30-35/h12-13,18-25,29-31,43-44H,10-11,14-17,26-28,32H2,1-9H3/t43-,44-/m1/s1. The summed E-state index contributed by atoms with van der Waals surface area (Å²) in [5.74, 6) is -2.36. The van der Waals surface area contributed by atoms with Crippen molar-refractivity contribution in [2.45, 2.75) is 122 Å². The number of carbonyl (C=O) groups is 3. The molecular weight excluding hydrogens is 873 g/mol. The molecule has 4 aromatic rings. The summed E-state index contributed by atoms with van der Waals surface area (Å²) >= 11 is 0. The number of unbranched alkanes of at least 4 members (excludes halogenated alkanes) is 3. The second-order valence-electron chi connectivity index (χ2n) is 18.1. The minimum atomic E-state index is -4.70. The lowest BCUT2D eigenvalue weighted by Crippen LogP contribution is -2.51. The second kappa shape index (κ2) is 23.0. The Kier molecular flexibility index (Phi) is 18.3. The van der Waals surface area contributed by atoms with E-state index in [0.29, 0.717) is 19.0 Å². The lowest BCUT2D eigenvalue weighted by atomic mass is 10.0. The van der Waals surface area contributed by atoms with Crippen molar-refractivity contribution in [3.05, 3.63) is 116 Å². The van der Waals surface area contributed by atoms with Crippen LogP contribution in [0.15, 0.2) is 83.8 Å². The first-order valence-electron chi connectivity index (χ1n) is 21.8. The number of esters is 2. The van der Waals surface area contributed by atoms with Gasteiger partial charge in [-0.15, -0.1) is 0 Å². The highest BCUT2D eigenvalue weighted by atomic mass is 32.2. The van der Waals surface area contributed by atoms with Crippen LogP contribution in [-0.4, -0.2) is 97.8 Å². The Morgan fingerprint density at radius 1 is 0.697 bits per heavy atom. The average molecular weight is 935 g/mol. The van der Waals surface area contributed by atoms with Gasteiger partial charge in [-0.05, 0) is 133 Å². The molecule has 4 aromatic carbocycles. The molecular formula is C48H62N4O13S. The molecule has 0 bridgehead atoms. The number of anilines is 1. The van der Waals surface area contributed by atoms with Crippen molar-refractivity contribution >= 4 is 55.7 Å². The zero-order valence-electron chi connectivity index (χ0n) is 39.2. The molecule has 0 N–H and O–H groups in total. The van der Waals surface area contributed by atoms with Crippen LogP contribution in [0.5, 0.6) is 0 Å². The van der Waals surface area contributed by atoms with Crippen molar-refractivity contribution in [1.82, 2.24) is 4.90 Å². The molecule has 0 aromatic heterocycles. The summed E-state index contributed by atoms with van der Waals surface area (Å²) in [6.07, 6.45) is 0.0115. The Balaban J connectivity index is 1.55. The van der Waals surface area contributed by atoms with E-state index in [1.54, 1.807) is 73.7 Å². The van der Waals surface area contributed by atoms with Crippen molar-refractivity contribution in [3.8, 4) is 0 Å². The van der Waals surface area contributed by atoms with Crippen LogP contribution in [0.25, 0.3) is 10.8 Å². The highest BCUT2D eigenvalue weighted by molar-refractivity contribution is 7.93. The van der Waals surface area contributed by atoms with Crippen LogP contribution in [0, 0.1) is 34.1 Å². The van der Waals surface area contributed by atoms with Crippen LogP contribution < -0.4 is 4.31 Å². The number of hydrogen-bond acceptors (Lipinski definition) is 13. The highest BCUT2D eigenvalue weighted by Gasteiger charge is 2.41. The highest BCUT2D eigenvalue weighted by Crippen LogP contribution is 2.34. The van der Waals surface area contributed by atoms with Crippen molar-refractivity contribution < 1.29 is 51.6 Å². The summed E-state index contributed by atoms with van der Waals surface area (Å²) < 4.78 is 52.6. The summed E-state index contributed by atoms with van der Waals surface area (Å²) in [5.41, 5.74) is -0.500. The molecule has 0 aliphatic rings. The minimum absolute atomic E-state index is 0.0801. The number of hydrogen-bond donors (Lipinski definition) is 0. The topological polar surface area (TPSA) is 215 Å². The molecule has 0 unspecified atom stereocenters. The molecule has 4 rings (SSSR count). The van der Waals surface area contributed by atoms with E-state index in [9.17, 15) is 43.0 Å². The van der Waals surface area contributed by atoms with Crippen LogP contribution in [0.2, 0.25) is 0 Å². The molecule has 1 amide bonds. The zero-order chi connectivity index (χ0) is 49.0. The molecule has 0 heterocycles. The number of rotatable bonds is 23. The fourth-order valence-electron chi connectivity index (χ4n) is 6.97. The van der Waals surface area contributed by atoms with Gasteiger partial charge in [0, 0.05) is 32.8 Å². The number of amides is 1. The number of benzene rings is 4. The number of non-ortho nitro benzene ring substituents is 1. The number of likely N-dealkylation sites (N-methyl/N-ethyl adjacent to an activating group) is 1. The summed E-state index contributed by atoms with van der Waals surface area (Å²) in [5, 5.41) is 25.8. The predicted molar refractivity (Wildman–Crippen MR) is 250 cm³/mol. The fourth-order valence-corrected chi connectivity index (χ4v) is 8.60. The Morgan fingerprint density at radius 3 is 2.00 bits per heavy atom. The van der Waals surface area contributed by atoms with Gasteiger partial charge < -0.3 is 23.8 Å². The van der Waals surface area contributed by atoms with E-state index in [-0.39, 0.29) is 31.7 Å². The van der Waals surface area contributed by atoms with E-state index < -0.39 is 84.0 Å². The molecule has 0 saturated carbocycles. The molecule has 0 fully saturated rings. The normalized spacial score (nSPS) is 12.9. The third-order valence-electron chi connectivity index (χ3n) is 10.4. The SMILES string of the molecule is Cc1ccc(N(CCCCO[C@@H](C(=O)N(C)CCCCCc2ccc3ccccc3c2)[C@@H](OCC(=O)OC(C)(C)C)C(=O)OC(C)(C)C)S(=O)(=O)c2ccc([N+](=O)[O-])cc2[N+](=O)[O-])cc1C. The van der Waals surface area contributed by atoms with Gasteiger partial charge in [-0.3, -0.25) is 29.3 Å². The Hall–Kier alpha value is -5.98. The average Bonchev–Trinajstić information content (AvgIpc) is 3.23. The van der Waals surface area contributed by atoms with Crippen molar-refractivity contribution in [2.75, 3.05) is 37.7 Å². The van der Waals surface area contributed by atoms with Gasteiger partial charge in [0.25, 0.3) is 27.3 Å². The second-order valence-corrected chi connectivity index (χ2v) is 19.9.